The molecule has 1 N–H and O–H groups in total. The monoisotopic (exact) mass is 446 g/mol. The maximum absolute atomic E-state index is 13.4. The summed E-state index contributed by atoms with van der Waals surface area (Å²) in [5.41, 5.74) is 2.16. The van der Waals surface area contributed by atoms with Crippen LogP contribution >= 0.6 is 0 Å². The van der Waals surface area contributed by atoms with Crippen molar-refractivity contribution in [3.8, 4) is 17.2 Å². The summed E-state index contributed by atoms with van der Waals surface area (Å²) in [6.45, 7) is 0.144. The van der Waals surface area contributed by atoms with Crippen LogP contribution in [0.2, 0.25) is 0 Å². The lowest BCUT2D eigenvalue weighted by atomic mass is 10.0. The van der Waals surface area contributed by atoms with Gasteiger partial charge in [-0.2, -0.15) is 0 Å². The predicted octanol–water partition coefficient (Wildman–Crippen LogP) is 3.96. The zero-order chi connectivity index (χ0) is 22.9. The van der Waals surface area contributed by atoms with Crippen molar-refractivity contribution in [2.45, 2.75) is 6.54 Å². The van der Waals surface area contributed by atoms with Crippen LogP contribution in [-0.2, 0) is 16.1 Å². The summed E-state index contributed by atoms with van der Waals surface area (Å²) in [5, 5.41) is 3.09. The van der Waals surface area contributed by atoms with Gasteiger partial charge in [-0.3, -0.25) is 14.5 Å². The van der Waals surface area contributed by atoms with Crippen molar-refractivity contribution in [2.24, 2.45) is 0 Å². The van der Waals surface area contributed by atoms with Crippen molar-refractivity contribution in [3.63, 3.8) is 0 Å². The molecule has 3 aromatic rings. The SMILES string of the molecule is COc1ccc(C2=C(Nc3ccc4c(c3)OCO4)C(=O)N(Cc3ccc(F)cc3)C2=O)cc1. The minimum absolute atomic E-state index is 0.0178. The van der Waals surface area contributed by atoms with Crippen molar-refractivity contribution < 1.29 is 28.2 Å². The first-order valence-corrected chi connectivity index (χ1v) is 10.2. The number of fused-ring (bicyclic) bond motifs is 1. The topological polar surface area (TPSA) is 77.1 Å². The number of halogens is 1. The molecule has 0 fully saturated rings. The van der Waals surface area contributed by atoms with E-state index in [1.54, 1.807) is 61.7 Å². The first-order valence-electron chi connectivity index (χ1n) is 10.2. The Morgan fingerprint density at radius 3 is 2.39 bits per heavy atom. The van der Waals surface area contributed by atoms with Gasteiger partial charge in [-0.1, -0.05) is 24.3 Å². The second-order valence-corrected chi connectivity index (χ2v) is 7.49. The quantitative estimate of drug-likeness (QED) is 0.578. The molecule has 33 heavy (non-hydrogen) atoms. The summed E-state index contributed by atoms with van der Waals surface area (Å²) in [4.78, 5) is 27.9. The number of hydrogen-bond acceptors (Lipinski definition) is 6. The molecule has 3 aromatic carbocycles. The Balaban J connectivity index is 1.52. The molecule has 0 saturated carbocycles. The normalized spacial score (nSPS) is 14.8. The van der Waals surface area contributed by atoms with Gasteiger partial charge < -0.3 is 19.5 Å². The first-order chi connectivity index (χ1) is 16.0. The Morgan fingerprint density at radius 1 is 0.939 bits per heavy atom. The Morgan fingerprint density at radius 2 is 1.67 bits per heavy atom. The second-order valence-electron chi connectivity index (χ2n) is 7.49. The van der Waals surface area contributed by atoms with Crippen LogP contribution < -0.4 is 19.5 Å². The van der Waals surface area contributed by atoms with Crippen LogP contribution in [0.5, 0.6) is 17.2 Å². The van der Waals surface area contributed by atoms with Crippen LogP contribution in [0.15, 0.2) is 72.4 Å². The average molecular weight is 446 g/mol. The highest BCUT2D eigenvalue weighted by Crippen LogP contribution is 2.37. The summed E-state index contributed by atoms with van der Waals surface area (Å²) in [6.07, 6.45) is 0. The number of imide groups is 1. The van der Waals surface area contributed by atoms with Gasteiger partial charge in [0.25, 0.3) is 11.8 Å². The van der Waals surface area contributed by atoms with Crippen LogP contribution in [0.25, 0.3) is 5.57 Å². The Bertz CT molecular complexity index is 1270. The van der Waals surface area contributed by atoms with Crippen LogP contribution in [0.3, 0.4) is 0 Å². The van der Waals surface area contributed by atoms with Crippen molar-refractivity contribution >= 4 is 23.1 Å². The van der Waals surface area contributed by atoms with Crippen molar-refractivity contribution in [1.29, 1.82) is 0 Å². The lowest BCUT2D eigenvalue weighted by Crippen LogP contribution is -2.32. The zero-order valence-corrected chi connectivity index (χ0v) is 17.6. The molecule has 0 aromatic heterocycles. The number of ether oxygens (including phenoxy) is 3. The number of nitrogens with one attached hydrogen (secondary N) is 1. The van der Waals surface area contributed by atoms with E-state index in [0.29, 0.717) is 34.1 Å². The van der Waals surface area contributed by atoms with E-state index in [0.717, 1.165) is 4.90 Å². The van der Waals surface area contributed by atoms with Gasteiger partial charge in [-0.25, -0.2) is 4.39 Å². The number of nitrogens with zero attached hydrogens (tertiary/aromatic N) is 1. The number of methoxy groups -OCH3 is 1. The summed E-state index contributed by atoms with van der Waals surface area (Å²) >= 11 is 0. The summed E-state index contributed by atoms with van der Waals surface area (Å²) in [7, 11) is 1.55. The fourth-order valence-corrected chi connectivity index (χ4v) is 3.75. The van der Waals surface area contributed by atoms with Crippen LogP contribution in [0.4, 0.5) is 10.1 Å². The molecule has 2 aliphatic rings. The van der Waals surface area contributed by atoms with Gasteiger partial charge in [0.1, 0.15) is 17.3 Å². The Kier molecular flexibility index (Phi) is 5.18. The molecule has 0 saturated heterocycles. The number of benzene rings is 3. The second kappa shape index (κ2) is 8.31. The highest BCUT2D eigenvalue weighted by Gasteiger charge is 2.39. The van der Waals surface area contributed by atoms with E-state index >= 15 is 0 Å². The smallest absolute Gasteiger partial charge is 0.278 e. The molecule has 0 atom stereocenters. The standard InChI is InChI=1S/C25H19FN2O5/c1-31-19-9-4-16(5-10-19)22-23(27-18-8-11-20-21(12-18)33-14-32-20)25(30)28(24(22)29)13-15-2-6-17(26)7-3-15/h2-12,27H,13-14H2,1H3. The number of carbonyl (C=O) groups excluding carboxylic acids is 2. The fraction of sp³-hybridized carbons (Fsp3) is 0.120. The number of amides is 2. The van der Waals surface area contributed by atoms with E-state index in [4.69, 9.17) is 14.2 Å². The van der Waals surface area contributed by atoms with Gasteiger partial charge in [-0.15, -0.1) is 0 Å². The highest BCUT2D eigenvalue weighted by molar-refractivity contribution is 6.36. The zero-order valence-electron chi connectivity index (χ0n) is 17.6. The summed E-state index contributed by atoms with van der Waals surface area (Å²) in [6, 6.07) is 17.8. The lowest BCUT2D eigenvalue weighted by molar-refractivity contribution is -0.137. The summed E-state index contributed by atoms with van der Waals surface area (Å²) < 4.78 is 29.3. The van der Waals surface area contributed by atoms with Gasteiger partial charge in [0.15, 0.2) is 11.5 Å². The van der Waals surface area contributed by atoms with E-state index < -0.39 is 11.8 Å². The maximum Gasteiger partial charge on any atom is 0.278 e. The van der Waals surface area contributed by atoms with E-state index in [-0.39, 0.29) is 30.4 Å². The molecule has 2 aliphatic heterocycles. The maximum atomic E-state index is 13.4. The van der Waals surface area contributed by atoms with Gasteiger partial charge >= 0.3 is 0 Å². The summed E-state index contributed by atoms with van der Waals surface area (Å²) in [5.74, 6) is 0.471. The number of carbonyl (C=O) groups is 2. The molecule has 2 heterocycles. The number of anilines is 1. The molecule has 0 radical (unpaired) electrons. The van der Waals surface area contributed by atoms with Gasteiger partial charge in [0.05, 0.1) is 19.2 Å². The largest absolute Gasteiger partial charge is 0.497 e. The van der Waals surface area contributed by atoms with Gasteiger partial charge in [0, 0.05) is 11.8 Å². The van der Waals surface area contributed by atoms with Crippen molar-refractivity contribution in [3.05, 3.63) is 89.4 Å². The highest BCUT2D eigenvalue weighted by atomic mass is 19.1. The minimum atomic E-state index is -0.479. The molecule has 0 spiro atoms. The molecule has 0 aliphatic carbocycles. The number of hydrogen-bond donors (Lipinski definition) is 1. The fourth-order valence-electron chi connectivity index (χ4n) is 3.75. The lowest BCUT2D eigenvalue weighted by Gasteiger charge is -2.15. The Labute approximate surface area is 189 Å². The van der Waals surface area contributed by atoms with E-state index in [1.165, 1.54) is 12.1 Å². The Hall–Kier alpha value is -4.33. The van der Waals surface area contributed by atoms with Gasteiger partial charge in [-0.05, 0) is 47.5 Å². The molecule has 0 bridgehead atoms. The average Bonchev–Trinajstić information content (AvgIpc) is 3.39. The van der Waals surface area contributed by atoms with E-state index in [1.807, 2.05) is 0 Å². The van der Waals surface area contributed by atoms with E-state index in [2.05, 4.69) is 5.32 Å². The van der Waals surface area contributed by atoms with Crippen molar-refractivity contribution in [1.82, 2.24) is 4.90 Å². The van der Waals surface area contributed by atoms with Crippen LogP contribution in [0, 0.1) is 5.82 Å². The minimum Gasteiger partial charge on any atom is -0.497 e. The molecule has 2 amide bonds. The van der Waals surface area contributed by atoms with Crippen LogP contribution in [-0.4, -0.2) is 30.6 Å². The van der Waals surface area contributed by atoms with Crippen molar-refractivity contribution in [2.75, 3.05) is 19.2 Å². The third kappa shape index (κ3) is 3.87. The molecular formula is C25H19FN2O5. The first kappa shape index (κ1) is 20.6. The molecule has 0 unspecified atom stereocenters. The molecular weight excluding hydrogens is 427 g/mol. The predicted molar refractivity (Wildman–Crippen MR) is 118 cm³/mol. The van der Waals surface area contributed by atoms with Gasteiger partial charge in [0.2, 0.25) is 6.79 Å². The van der Waals surface area contributed by atoms with Crippen LogP contribution in [0.1, 0.15) is 11.1 Å². The van der Waals surface area contributed by atoms with E-state index in [9.17, 15) is 14.0 Å². The number of rotatable bonds is 6. The third-order valence-corrected chi connectivity index (χ3v) is 5.44. The molecule has 7 nitrogen and oxygen atoms in total. The molecule has 5 rings (SSSR count). The third-order valence-electron chi connectivity index (χ3n) is 5.44. The molecule has 8 heteroatoms. The molecule has 166 valence electrons.